The maximum Gasteiger partial charge on any atom is 0.127 e. The van der Waals surface area contributed by atoms with Crippen LogP contribution in [0.15, 0.2) is 30.9 Å². The van der Waals surface area contributed by atoms with E-state index in [1.54, 1.807) is 12.1 Å². The third-order valence-corrected chi connectivity index (χ3v) is 2.78. The summed E-state index contributed by atoms with van der Waals surface area (Å²) in [6, 6.07) is 5.86. The topological polar surface area (TPSA) is 41.5 Å². The van der Waals surface area contributed by atoms with Gasteiger partial charge in [0.15, 0.2) is 0 Å². The van der Waals surface area contributed by atoms with Gasteiger partial charge in [0.1, 0.15) is 18.1 Å². The minimum Gasteiger partial charge on any atom is -0.508 e. The number of aromatic hydroxyl groups is 1. The molecule has 3 heteroatoms. The van der Waals surface area contributed by atoms with E-state index in [1.807, 2.05) is 12.1 Å². The minimum absolute atomic E-state index is 0.213. The van der Waals surface area contributed by atoms with Crippen LogP contribution in [0.5, 0.6) is 11.5 Å². The van der Waals surface area contributed by atoms with E-state index in [9.17, 15) is 5.11 Å². The van der Waals surface area contributed by atoms with E-state index in [1.165, 1.54) is 0 Å². The predicted molar refractivity (Wildman–Crippen MR) is 63.8 cm³/mol. The molecule has 0 spiro atoms. The van der Waals surface area contributed by atoms with E-state index in [-0.39, 0.29) is 11.8 Å². The summed E-state index contributed by atoms with van der Waals surface area (Å²) in [5.74, 6) is 1.03. The molecule has 2 unspecified atom stereocenters. The third kappa shape index (κ3) is 2.19. The van der Waals surface area contributed by atoms with Crippen LogP contribution in [0, 0.1) is 0 Å². The first-order chi connectivity index (χ1) is 7.70. The molecule has 1 aromatic rings. The van der Waals surface area contributed by atoms with Gasteiger partial charge in [0.2, 0.25) is 0 Å². The molecule has 3 nitrogen and oxygen atoms in total. The lowest BCUT2D eigenvalue weighted by Crippen LogP contribution is -2.30. The van der Waals surface area contributed by atoms with Crippen molar-refractivity contribution in [1.82, 2.24) is 5.32 Å². The molecule has 1 heterocycles. The Bertz CT molecular complexity index is 390. The lowest BCUT2D eigenvalue weighted by molar-refractivity contribution is 0.299. The van der Waals surface area contributed by atoms with Gasteiger partial charge in [-0.25, -0.2) is 0 Å². The van der Waals surface area contributed by atoms with E-state index in [0.717, 1.165) is 17.7 Å². The first-order valence-corrected chi connectivity index (χ1v) is 5.53. The van der Waals surface area contributed by atoms with Crippen molar-refractivity contribution >= 4 is 0 Å². The summed E-state index contributed by atoms with van der Waals surface area (Å²) < 4.78 is 5.52. The Morgan fingerprint density at radius 2 is 2.50 bits per heavy atom. The molecule has 2 rings (SSSR count). The van der Waals surface area contributed by atoms with E-state index < -0.39 is 0 Å². The highest BCUT2D eigenvalue weighted by Gasteiger charge is 2.24. The molecule has 0 aromatic heterocycles. The zero-order chi connectivity index (χ0) is 11.5. The van der Waals surface area contributed by atoms with Crippen LogP contribution in [0.3, 0.4) is 0 Å². The molecule has 0 bridgehead atoms. The molecule has 1 aromatic carbocycles. The normalized spacial score (nSPS) is 19.9. The van der Waals surface area contributed by atoms with Gasteiger partial charge in [-0.3, -0.25) is 0 Å². The second kappa shape index (κ2) is 4.58. The van der Waals surface area contributed by atoms with Crippen molar-refractivity contribution in [1.29, 1.82) is 0 Å². The van der Waals surface area contributed by atoms with Gasteiger partial charge in [-0.05, 0) is 25.5 Å². The van der Waals surface area contributed by atoms with E-state index in [4.69, 9.17) is 4.74 Å². The number of ether oxygens (including phenoxy) is 1. The number of hydrogen-bond donors (Lipinski definition) is 2. The van der Waals surface area contributed by atoms with Crippen LogP contribution in [0.1, 0.15) is 24.9 Å². The number of fused-ring (bicyclic) bond motifs is 1. The molecular formula is C13H17NO2. The smallest absolute Gasteiger partial charge is 0.127 e. The second-order valence-electron chi connectivity index (χ2n) is 4.18. The van der Waals surface area contributed by atoms with E-state index in [2.05, 4.69) is 18.8 Å². The second-order valence-corrected chi connectivity index (χ2v) is 4.18. The van der Waals surface area contributed by atoms with Crippen molar-refractivity contribution in [3.63, 3.8) is 0 Å². The summed E-state index contributed by atoms with van der Waals surface area (Å²) in [6.07, 6.45) is 2.84. The maximum atomic E-state index is 9.34. The average Bonchev–Trinajstić information content (AvgIpc) is 2.61. The Labute approximate surface area is 95.7 Å². The minimum atomic E-state index is 0.213. The molecule has 0 saturated heterocycles. The zero-order valence-electron chi connectivity index (χ0n) is 9.44. The fourth-order valence-electron chi connectivity index (χ4n) is 2.00. The van der Waals surface area contributed by atoms with Crippen molar-refractivity contribution in [2.45, 2.75) is 25.4 Å². The lowest BCUT2D eigenvalue weighted by Gasteiger charge is -2.17. The average molecular weight is 219 g/mol. The molecule has 0 radical (unpaired) electrons. The predicted octanol–water partition coefficient (Wildman–Crippen LogP) is 2.38. The van der Waals surface area contributed by atoms with Crippen LogP contribution in [-0.2, 0) is 0 Å². The number of phenols is 1. The van der Waals surface area contributed by atoms with E-state index >= 15 is 0 Å². The Kier molecular flexibility index (Phi) is 3.15. The first kappa shape index (κ1) is 11.0. The van der Waals surface area contributed by atoms with Crippen molar-refractivity contribution in [2.24, 2.45) is 0 Å². The van der Waals surface area contributed by atoms with Gasteiger partial charge in [0.25, 0.3) is 0 Å². The Hall–Kier alpha value is -1.48. The summed E-state index contributed by atoms with van der Waals surface area (Å²) in [6.45, 7) is 6.48. The van der Waals surface area contributed by atoms with Crippen molar-refractivity contribution in [2.75, 3.05) is 6.61 Å². The first-order valence-electron chi connectivity index (χ1n) is 5.53. The molecule has 1 aliphatic rings. The van der Waals surface area contributed by atoms with Crippen LogP contribution >= 0.6 is 0 Å². The van der Waals surface area contributed by atoms with Crippen LogP contribution in [0.2, 0.25) is 0 Å². The monoisotopic (exact) mass is 219 g/mol. The molecule has 0 fully saturated rings. The Morgan fingerprint density at radius 3 is 3.25 bits per heavy atom. The molecule has 0 saturated carbocycles. The molecule has 86 valence electrons. The summed E-state index contributed by atoms with van der Waals surface area (Å²) >= 11 is 0. The van der Waals surface area contributed by atoms with Crippen LogP contribution in [0.25, 0.3) is 0 Å². The number of rotatable bonds is 4. The number of hydrogen-bond acceptors (Lipinski definition) is 3. The highest BCUT2D eigenvalue weighted by molar-refractivity contribution is 5.44. The highest BCUT2D eigenvalue weighted by atomic mass is 16.5. The van der Waals surface area contributed by atoms with Crippen molar-refractivity contribution in [3.8, 4) is 11.5 Å². The number of phenolic OH excluding ortho intramolecular Hbond substituents is 1. The van der Waals surface area contributed by atoms with Crippen LogP contribution in [-0.4, -0.2) is 17.8 Å². The lowest BCUT2D eigenvalue weighted by atomic mass is 10.1. The summed E-state index contributed by atoms with van der Waals surface area (Å²) in [5, 5.41) is 12.8. The molecule has 2 atom stereocenters. The van der Waals surface area contributed by atoms with Crippen LogP contribution < -0.4 is 10.1 Å². The fourth-order valence-corrected chi connectivity index (χ4v) is 2.00. The molecule has 16 heavy (non-hydrogen) atoms. The Morgan fingerprint density at radius 1 is 1.69 bits per heavy atom. The van der Waals surface area contributed by atoms with E-state index in [0.29, 0.717) is 12.6 Å². The van der Waals surface area contributed by atoms with Gasteiger partial charge < -0.3 is 15.2 Å². The van der Waals surface area contributed by atoms with Crippen LogP contribution in [0.4, 0.5) is 0 Å². The van der Waals surface area contributed by atoms with Gasteiger partial charge >= 0.3 is 0 Å². The summed E-state index contributed by atoms with van der Waals surface area (Å²) in [5.41, 5.74) is 1.12. The molecular weight excluding hydrogens is 202 g/mol. The van der Waals surface area contributed by atoms with Crippen molar-refractivity contribution < 1.29 is 9.84 Å². The number of benzene rings is 1. The SMILES string of the molecule is C=CCC(C)NC1COc2cc(O)ccc21. The summed E-state index contributed by atoms with van der Waals surface area (Å²) in [7, 11) is 0. The van der Waals surface area contributed by atoms with Gasteiger partial charge in [-0.1, -0.05) is 6.08 Å². The number of nitrogens with one attached hydrogen (secondary N) is 1. The standard InChI is InChI=1S/C13H17NO2/c1-3-4-9(2)14-12-8-16-13-7-10(15)5-6-11(12)13/h3,5-7,9,12,14-15H,1,4,8H2,2H3. The molecule has 0 aliphatic carbocycles. The quantitative estimate of drug-likeness (QED) is 0.764. The zero-order valence-corrected chi connectivity index (χ0v) is 9.44. The summed E-state index contributed by atoms with van der Waals surface area (Å²) in [4.78, 5) is 0. The fraction of sp³-hybridized carbons (Fsp3) is 0.385. The van der Waals surface area contributed by atoms with Gasteiger partial charge in [0, 0.05) is 17.7 Å². The molecule has 0 amide bonds. The largest absolute Gasteiger partial charge is 0.508 e. The maximum absolute atomic E-state index is 9.34. The third-order valence-electron chi connectivity index (χ3n) is 2.78. The van der Waals surface area contributed by atoms with Crippen molar-refractivity contribution in [3.05, 3.63) is 36.4 Å². The molecule has 1 aliphatic heterocycles. The Balaban J connectivity index is 2.08. The molecule has 2 N–H and O–H groups in total. The van der Waals surface area contributed by atoms with Gasteiger partial charge in [-0.15, -0.1) is 6.58 Å². The van der Waals surface area contributed by atoms with Gasteiger partial charge in [-0.2, -0.15) is 0 Å². The van der Waals surface area contributed by atoms with Gasteiger partial charge in [0.05, 0.1) is 6.04 Å². The highest BCUT2D eigenvalue weighted by Crippen LogP contribution is 2.35.